The molecule has 5 aromatic carbocycles. The van der Waals surface area contributed by atoms with Gasteiger partial charge in [-0.1, -0.05) is 48.5 Å². The second kappa shape index (κ2) is 17.3. The van der Waals surface area contributed by atoms with Gasteiger partial charge in [-0.25, -0.2) is 17.2 Å². The van der Waals surface area contributed by atoms with Crippen molar-refractivity contribution in [2.45, 2.75) is 23.9 Å². The van der Waals surface area contributed by atoms with Gasteiger partial charge in [0.25, 0.3) is 15.9 Å². The van der Waals surface area contributed by atoms with E-state index in [1.54, 1.807) is 50.6 Å². The van der Waals surface area contributed by atoms with Crippen LogP contribution in [0.2, 0.25) is 0 Å². The smallest absolute Gasteiger partial charge is 0.261 e. The molecule has 2 N–H and O–H groups in total. The molecule has 5 rings (SSSR count). The summed E-state index contributed by atoms with van der Waals surface area (Å²) in [4.78, 5) is 29.2. The molecule has 52 heavy (non-hydrogen) atoms. The first-order valence-electron chi connectivity index (χ1n) is 16.1. The summed E-state index contributed by atoms with van der Waals surface area (Å²) in [5.74, 6) is -0.605. The Hall–Kier alpha value is -5.95. The van der Waals surface area contributed by atoms with E-state index in [0.29, 0.717) is 29.0 Å². The third-order valence-electron chi connectivity index (χ3n) is 8.02. The number of carbonyl (C=O) groups is 2. The Morgan fingerprint density at radius 1 is 0.750 bits per heavy atom. The third-order valence-corrected chi connectivity index (χ3v) is 9.41. The topological polar surface area (TPSA) is 123 Å². The number of anilines is 1. The zero-order valence-electron chi connectivity index (χ0n) is 28.4. The lowest BCUT2D eigenvalue weighted by Gasteiger charge is -2.31. The number of amides is 2. The maximum Gasteiger partial charge on any atom is 0.261 e. The van der Waals surface area contributed by atoms with Crippen LogP contribution in [0, 0.1) is 11.6 Å². The Labute approximate surface area is 301 Å². The van der Waals surface area contributed by atoms with Gasteiger partial charge in [0, 0.05) is 18.8 Å². The minimum Gasteiger partial charge on any atom is -0.493 e. The quantitative estimate of drug-likeness (QED) is 0.122. The van der Waals surface area contributed by atoms with Crippen molar-refractivity contribution >= 4 is 27.5 Å². The van der Waals surface area contributed by atoms with E-state index in [1.165, 1.54) is 65.6 Å². The number of sulfonamides is 1. The van der Waals surface area contributed by atoms with Gasteiger partial charge in [-0.05, 0) is 95.9 Å². The highest BCUT2D eigenvalue weighted by Crippen LogP contribution is 2.28. The molecule has 270 valence electrons. The molecule has 0 saturated carbocycles. The molecule has 0 aliphatic heterocycles. The first kappa shape index (κ1) is 37.3. The standard InChI is InChI=1S/C39H37F2N3O7S/c1-49-35-21-10-27(24-36(35)50-2)22-23-42-39(46)38(29-6-4-3-5-7-29)44(25-28-8-11-30(40)12-9-28)37(45)26-51-33-17-19-34(20-18-33)52(47,48)43-32-15-13-31(41)14-16-32/h3-21,24,38,43H,22-23,25-26H2,1-2H3,(H,42,46). The van der Waals surface area contributed by atoms with Crippen molar-refractivity contribution in [1.82, 2.24) is 10.2 Å². The van der Waals surface area contributed by atoms with E-state index >= 15 is 0 Å². The van der Waals surface area contributed by atoms with Gasteiger partial charge in [0.05, 0.1) is 19.1 Å². The minimum absolute atomic E-state index is 0.0443. The van der Waals surface area contributed by atoms with Crippen LogP contribution in [-0.2, 0) is 32.6 Å². The maximum absolute atomic E-state index is 14.0. The van der Waals surface area contributed by atoms with Crippen LogP contribution in [-0.4, -0.2) is 52.5 Å². The Morgan fingerprint density at radius 3 is 2.00 bits per heavy atom. The number of halogens is 2. The van der Waals surface area contributed by atoms with Gasteiger partial charge in [0.2, 0.25) is 5.91 Å². The Morgan fingerprint density at radius 2 is 1.37 bits per heavy atom. The van der Waals surface area contributed by atoms with Crippen molar-refractivity contribution < 1.29 is 41.0 Å². The molecule has 2 amide bonds. The van der Waals surface area contributed by atoms with Crippen molar-refractivity contribution in [3.05, 3.63) is 150 Å². The van der Waals surface area contributed by atoms with Crippen LogP contribution < -0.4 is 24.2 Å². The van der Waals surface area contributed by atoms with Gasteiger partial charge >= 0.3 is 0 Å². The molecule has 0 bridgehead atoms. The zero-order valence-corrected chi connectivity index (χ0v) is 29.2. The van der Waals surface area contributed by atoms with E-state index in [0.717, 1.165) is 17.7 Å². The fourth-order valence-corrected chi connectivity index (χ4v) is 6.41. The predicted molar refractivity (Wildman–Crippen MR) is 192 cm³/mol. The van der Waals surface area contributed by atoms with E-state index < -0.39 is 46.1 Å². The van der Waals surface area contributed by atoms with Gasteiger partial charge in [-0.3, -0.25) is 14.3 Å². The number of rotatable bonds is 16. The number of hydrogen-bond donors (Lipinski definition) is 2. The van der Waals surface area contributed by atoms with E-state index in [1.807, 2.05) is 12.1 Å². The van der Waals surface area contributed by atoms with E-state index in [-0.39, 0.29) is 29.4 Å². The number of nitrogens with zero attached hydrogens (tertiary/aromatic N) is 1. The predicted octanol–water partition coefficient (Wildman–Crippen LogP) is 6.29. The molecule has 0 heterocycles. The summed E-state index contributed by atoms with van der Waals surface area (Å²) in [6, 6.07) is 29.1. The van der Waals surface area contributed by atoms with Crippen LogP contribution in [0.5, 0.6) is 17.2 Å². The summed E-state index contributed by atoms with van der Waals surface area (Å²) in [7, 11) is -0.907. The van der Waals surface area contributed by atoms with Crippen molar-refractivity contribution in [1.29, 1.82) is 0 Å². The number of methoxy groups -OCH3 is 2. The second-order valence-electron chi connectivity index (χ2n) is 11.6. The molecule has 0 spiro atoms. The second-order valence-corrected chi connectivity index (χ2v) is 13.2. The number of nitrogens with one attached hydrogen (secondary N) is 2. The van der Waals surface area contributed by atoms with Crippen LogP contribution in [0.1, 0.15) is 22.7 Å². The van der Waals surface area contributed by atoms with Crippen LogP contribution in [0.25, 0.3) is 0 Å². The summed E-state index contributed by atoms with van der Waals surface area (Å²) in [6.07, 6.45) is 0.466. The van der Waals surface area contributed by atoms with E-state index in [9.17, 15) is 26.8 Å². The summed E-state index contributed by atoms with van der Waals surface area (Å²) >= 11 is 0. The first-order valence-corrected chi connectivity index (χ1v) is 17.6. The zero-order chi connectivity index (χ0) is 37.1. The lowest BCUT2D eigenvalue weighted by atomic mass is 10.0. The number of benzene rings is 5. The minimum atomic E-state index is -4.00. The lowest BCUT2D eigenvalue weighted by molar-refractivity contribution is -0.143. The Bertz CT molecular complexity index is 2060. The molecular formula is C39H37F2N3O7S. The van der Waals surface area contributed by atoms with Crippen LogP contribution >= 0.6 is 0 Å². The summed E-state index contributed by atoms with van der Waals surface area (Å²) in [5.41, 5.74) is 2.21. The van der Waals surface area contributed by atoms with Crippen molar-refractivity contribution in [2.24, 2.45) is 0 Å². The molecule has 10 nitrogen and oxygen atoms in total. The monoisotopic (exact) mass is 729 g/mol. The van der Waals surface area contributed by atoms with Gasteiger partial charge < -0.3 is 24.4 Å². The first-order chi connectivity index (χ1) is 25.1. The molecule has 0 radical (unpaired) electrons. The molecule has 1 unspecified atom stereocenters. The average molecular weight is 730 g/mol. The number of ether oxygens (including phenoxy) is 3. The molecule has 0 aromatic heterocycles. The highest BCUT2D eigenvalue weighted by molar-refractivity contribution is 7.92. The number of carbonyl (C=O) groups excluding carboxylic acids is 2. The fraction of sp³-hybridized carbons (Fsp3) is 0.179. The van der Waals surface area contributed by atoms with Crippen molar-refractivity contribution in [3.8, 4) is 17.2 Å². The molecule has 0 aliphatic rings. The molecular weight excluding hydrogens is 693 g/mol. The highest BCUT2D eigenvalue weighted by Gasteiger charge is 2.32. The highest BCUT2D eigenvalue weighted by atomic mass is 32.2. The average Bonchev–Trinajstić information content (AvgIpc) is 3.15. The van der Waals surface area contributed by atoms with Crippen LogP contribution in [0.4, 0.5) is 14.5 Å². The molecule has 0 saturated heterocycles. The largest absolute Gasteiger partial charge is 0.493 e. The summed E-state index contributed by atoms with van der Waals surface area (Å²) < 4.78 is 71.6. The SMILES string of the molecule is COc1ccc(CCNC(=O)C(c2ccccc2)N(Cc2ccc(F)cc2)C(=O)COc2ccc(S(=O)(=O)Nc3ccc(F)cc3)cc2)cc1OC. The van der Waals surface area contributed by atoms with Crippen molar-refractivity contribution in [2.75, 3.05) is 32.1 Å². The van der Waals surface area contributed by atoms with E-state index in [4.69, 9.17) is 14.2 Å². The van der Waals surface area contributed by atoms with Crippen molar-refractivity contribution in [3.63, 3.8) is 0 Å². The fourth-order valence-electron chi connectivity index (χ4n) is 5.36. The van der Waals surface area contributed by atoms with Crippen LogP contribution in [0.15, 0.2) is 126 Å². The normalized spacial score (nSPS) is 11.6. The molecule has 13 heteroatoms. The van der Waals surface area contributed by atoms with Gasteiger partial charge in [-0.2, -0.15) is 0 Å². The molecule has 0 fully saturated rings. The third kappa shape index (κ3) is 9.85. The molecule has 0 aliphatic carbocycles. The van der Waals surface area contributed by atoms with Crippen LogP contribution in [0.3, 0.4) is 0 Å². The summed E-state index contributed by atoms with van der Waals surface area (Å²) in [5, 5.41) is 2.95. The maximum atomic E-state index is 14.0. The summed E-state index contributed by atoms with van der Waals surface area (Å²) in [6.45, 7) is -0.293. The Kier molecular flexibility index (Phi) is 12.4. The molecule has 5 aromatic rings. The van der Waals surface area contributed by atoms with E-state index in [2.05, 4.69) is 10.0 Å². The number of hydrogen-bond acceptors (Lipinski definition) is 7. The lowest BCUT2D eigenvalue weighted by Crippen LogP contribution is -2.45. The molecule has 1 atom stereocenters. The van der Waals surface area contributed by atoms with Gasteiger partial charge in [0.1, 0.15) is 23.4 Å². The Balaban J connectivity index is 1.33. The van der Waals surface area contributed by atoms with Gasteiger partial charge in [-0.15, -0.1) is 0 Å². The van der Waals surface area contributed by atoms with Gasteiger partial charge in [0.15, 0.2) is 18.1 Å².